The number of ether oxygens (including phenoxy) is 1. The van der Waals surface area contributed by atoms with Crippen LogP contribution in [0.25, 0.3) is 0 Å². The Morgan fingerprint density at radius 2 is 1.82 bits per heavy atom. The highest BCUT2D eigenvalue weighted by Gasteiger charge is 2.35. The molecule has 0 bridgehead atoms. The van der Waals surface area contributed by atoms with E-state index < -0.39 is 17.4 Å². The number of benzene rings is 1. The molecule has 4 rings (SSSR count). The Bertz CT molecular complexity index is 1210. The molecule has 1 aliphatic rings. The van der Waals surface area contributed by atoms with Crippen LogP contribution in [0, 0.1) is 24.5 Å². The fourth-order valence-corrected chi connectivity index (χ4v) is 4.22. The Kier molecular flexibility index (Phi) is 6.45. The topological polar surface area (TPSA) is 98.1 Å². The molecule has 11 heteroatoms. The summed E-state index contributed by atoms with van der Waals surface area (Å²) in [7, 11) is 3.09. The number of hydrogen-bond donors (Lipinski definition) is 1. The molecule has 0 fully saturated rings. The number of hydrogen-bond acceptors (Lipinski definition) is 7. The molecule has 0 saturated heterocycles. The summed E-state index contributed by atoms with van der Waals surface area (Å²) in [6.45, 7) is 6.00. The van der Waals surface area contributed by atoms with Gasteiger partial charge in [-0.2, -0.15) is 5.10 Å². The van der Waals surface area contributed by atoms with Crippen molar-refractivity contribution in [1.29, 1.82) is 0 Å². The second kappa shape index (κ2) is 9.32. The smallest absolute Gasteiger partial charge is 0.247 e. The molecule has 0 saturated carbocycles. The summed E-state index contributed by atoms with van der Waals surface area (Å²) in [5.41, 5.74) is 1.74. The van der Waals surface area contributed by atoms with Gasteiger partial charge >= 0.3 is 0 Å². The van der Waals surface area contributed by atoms with Gasteiger partial charge in [0.25, 0.3) is 0 Å². The second-order valence-corrected chi connectivity index (χ2v) is 8.66. The zero-order chi connectivity index (χ0) is 24.6. The van der Waals surface area contributed by atoms with E-state index in [2.05, 4.69) is 20.4 Å². The zero-order valence-electron chi connectivity index (χ0n) is 19.8. The van der Waals surface area contributed by atoms with E-state index in [0.717, 1.165) is 0 Å². The molecule has 0 spiro atoms. The number of aromatic nitrogens is 5. The minimum atomic E-state index is -0.765. The SMILES string of the molecule is COc1c(F)cc(Cn2cnc(CCc3nc(C)c4c(n3)N(C)[C@@H](C(C)C)C(=O)N4)n2)cc1F. The number of amides is 1. The normalized spacial score (nSPS) is 15.5. The van der Waals surface area contributed by atoms with E-state index in [-0.39, 0.29) is 24.4 Å². The quantitative estimate of drug-likeness (QED) is 0.566. The van der Waals surface area contributed by atoms with Gasteiger partial charge in [0.05, 0.1) is 19.3 Å². The van der Waals surface area contributed by atoms with Crippen molar-refractivity contribution < 1.29 is 18.3 Å². The van der Waals surface area contributed by atoms with E-state index in [1.54, 1.807) is 0 Å². The van der Waals surface area contributed by atoms with Crippen LogP contribution in [0.1, 0.15) is 36.8 Å². The molecule has 1 aliphatic heterocycles. The summed E-state index contributed by atoms with van der Waals surface area (Å²) in [6.07, 6.45) is 2.50. The lowest BCUT2D eigenvalue weighted by Crippen LogP contribution is -2.49. The average molecular weight is 472 g/mol. The van der Waals surface area contributed by atoms with Crippen LogP contribution in [0.15, 0.2) is 18.5 Å². The maximum Gasteiger partial charge on any atom is 0.247 e. The molecule has 9 nitrogen and oxygen atoms in total. The van der Waals surface area contributed by atoms with Crippen molar-refractivity contribution in [2.24, 2.45) is 5.92 Å². The van der Waals surface area contributed by atoms with E-state index in [1.807, 2.05) is 32.7 Å². The van der Waals surface area contributed by atoms with Crippen LogP contribution in [0.5, 0.6) is 5.75 Å². The van der Waals surface area contributed by atoms with Gasteiger partial charge in [0.1, 0.15) is 23.9 Å². The second-order valence-electron chi connectivity index (χ2n) is 8.66. The molecule has 180 valence electrons. The first-order valence-corrected chi connectivity index (χ1v) is 11.0. The van der Waals surface area contributed by atoms with Gasteiger partial charge in [-0.15, -0.1) is 0 Å². The Labute approximate surface area is 196 Å². The maximum atomic E-state index is 13.9. The third kappa shape index (κ3) is 4.55. The van der Waals surface area contributed by atoms with Gasteiger partial charge < -0.3 is 15.0 Å². The summed E-state index contributed by atoms with van der Waals surface area (Å²) in [4.78, 5) is 27.9. The first kappa shape index (κ1) is 23.5. The highest BCUT2D eigenvalue weighted by Crippen LogP contribution is 2.33. The fraction of sp³-hybridized carbons (Fsp3) is 0.435. The van der Waals surface area contributed by atoms with Gasteiger partial charge in [-0.25, -0.2) is 28.4 Å². The number of halogens is 2. The Hall–Kier alpha value is -3.63. The van der Waals surface area contributed by atoms with E-state index in [9.17, 15) is 13.6 Å². The number of carbonyl (C=O) groups is 1. The van der Waals surface area contributed by atoms with Crippen molar-refractivity contribution in [3.63, 3.8) is 0 Å². The number of carbonyl (C=O) groups excluding carboxylic acids is 1. The van der Waals surface area contributed by atoms with Gasteiger partial charge in [0.15, 0.2) is 29.0 Å². The summed E-state index contributed by atoms with van der Waals surface area (Å²) in [6, 6.07) is 2.12. The number of nitrogens with one attached hydrogen (secondary N) is 1. The summed E-state index contributed by atoms with van der Waals surface area (Å²) < 4.78 is 34.1. The van der Waals surface area contributed by atoms with Crippen molar-refractivity contribution >= 4 is 17.4 Å². The van der Waals surface area contributed by atoms with Gasteiger partial charge in [-0.3, -0.25) is 4.79 Å². The predicted molar refractivity (Wildman–Crippen MR) is 122 cm³/mol. The molecule has 34 heavy (non-hydrogen) atoms. The third-order valence-corrected chi connectivity index (χ3v) is 5.78. The minimum absolute atomic E-state index is 0.0594. The van der Waals surface area contributed by atoms with Crippen LogP contribution in [0.4, 0.5) is 20.3 Å². The fourth-order valence-electron chi connectivity index (χ4n) is 4.22. The minimum Gasteiger partial charge on any atom is -0.491 e. The largest absolute Gasteiger partial charge is 0.491 e. The standard InChI is InChI=1S/C23H27F2N7O2/c1-12(2)20-23(33)29-19-13(3)27-18(28-22(19)31(20)4)7-6-17-26-11-32(30-17)10-14-8-15(24)21(34-5)16(25)9-14/h8-9,11-12,20H,6-7,10H2,1-5H3,(H,29,33)/t20-/m0/s1. The molecule has 3 aromatic rings. The van der Waals surface area contributed by atoms with Crippen LogP contribution < -0.4 is 15.0 Å². The van der Waals surface area contributed by atoms with Gasteiger partial charge in [0, 0.05) is 19.9 Å². The van der Waals surface area contributed by atoms with Crippen molar-refractivity contribution in [2.75, 3.05) is 24.4 Å². The molecule has 0 aliphatic carbocycles. The molecular formula is C23H27F2N7O2. The highest BCUT2D eigenvalue weighted by atomic mass is 19.1. The van der Waals surface area contributed by atoms with Gasteiger partial charge in [-0.05, 0) is 30.5 Å². The van der Waals surface area contributed by atoms with Crippen LogP contribution >= 0.6 is 0 Å². The lowest BCUT2D eigenvalue weighted by molar-refractivity contribution is -0.118. The van der Waals surface area contributed by atoms with Crippen LogP contribution in [-0.4, -0.2) is 50.8 Å². The maximum absolute atomic E-state index is 13.9. The van der Waals surface area contributed by atoms with Gasteiger partial charge in [-0.1, -0.05) is 13.8 Å². The first-order chi connectivity index (χ1) is 16.2. The lowest BCUT2D eigenvalue weighted by atomic mass is 9.99. The van der Waals surface area contributed by atoms with E-state index >= 15 is 0 Å². The third-order valence-electron chi connectivity index (χ3n) is 5.78. The average Bonchev–Trinajstić information content (AvgIpc) is 3.20. The monoisotopic (exact) mass is 471 g/mol. The van der Waals surface area contributed by atoms with Crippen LogP contribution in [-0.2, 0) is 24.2 Å². The summed E-state index contributed by atoms with van der Waals surface area (Å²) >= 11 is 0. The van der Waals surface area contributed by atoms with E-state index in [4.69, 9.17) is 9.72 Å². The molecule has 0 radical (unpaired) electrons. The summed E-state index contributed by atoms with van der Waals surface area (Å²) in [5, 5.41) is 7.34. The Balaban J connectivity index is 1.46. The van der Waals surface area contributed by atoms with E-state index in [0.29, 0.717) is 47.3 Å². The van der Waals surface area contributed by atoms with Crippen molar-refractivity contribution in [3.8, 4) is 5.75 Å². The number of nitrogens with zero attached hydrogens (tertiary/aromatic N) is 6. The molecule has 1 N–H and O–H groups in total. The molecule has 2 aromatic heterocycles. The van der Waals surface area contributed by atoms with E-state index in [1.165, 1.54) is 30.3 Å². The zero-order valence-corrected chi connectivity index (χ0v) is 19.8. The highest BCUT2D eigenvalue weighted by molar-refractivity contribution is 6.03. The Morgan fingerprint density at radius 1 is 1.15 bits per heavy atom. The van der Waals surface area contributed by atoms with Gasteiger partial charge in [0.2, 0.25) is 5.91 Å². The first-order valence-electron chi connectivity index (χ1n) is 11.0. The molecule has 0 unspecified atom stereocenters. The number of methoxy groups -OCH3 is 1. The number of likely N-dealkylation sites (N-methyl/N-ethyl adjacent to an activating group) is 1. The van der Waals surface area contributed by atoms with Crippen molar-refractivity contribution in [1.82, 2.24) is 24.7 Å². The van der Waals surface area contributed by atoms with Crippen LogP contribution in [0.2, 0.25) is 0 Å². The van der Waals surface area contributed by atoms with Crippen LogP contribution in [0.3, 0.4) is 0 Å². The molecule has 3 heterocycles. The van der Waals surface area contributed by atoms with Crippen molar-refractivity contribution in [2.45, 2.75) is 46.2 Å². The number of anilines is 2. The molecular weight excluding hydrogens is 444 g/mol. The Morgan fingerprint density at radius 3 is 2.47 bits per heavy atom. The molecule has 1 amide bonds. The summed E-state index contributed by atoms with van der Waals surface area (Å²) in [5.74, 6) is 0.00875. The lowest BCUT2D eigenvalue weighted by Gasteiger charge is -2.36. The predicted octanol–water partition coefficient (Wildman–Crippen LogP) is 2.91. The molecule has 1 aromatic carbocycles. The van der Waals surface area contributed by atoms with Crippen molar-refractivity contribution in [3.05, 3.63) is 53.0 Å². The number of fused-ring (bicyclic) bond motifs is 1. The molecule has 1 atom stereocenters. The number of rotatable bonds is 7. The number of aryl methyl sites for hydroxylation is 3.